The first-order valence-corrected chi connectivity index (χ1v) is 9.08. The molecule has 2 aromatic carbocycles. The molecule has 8 nitrogen and oxygen atoms in total. The van der Waals surface area contributed by atoms with Crippen molar-refractivity contribution in [3.8, 4) is 17.0 Å². The van der Waals surface area contributed by atoms with Crippen molar-refractivity contribution in [2.45, 2.75) is 6.92 Å². The number of nitrogen functional groups attached to an aromatic ring is 1. The maximum absolute atomic E-state index is 14.2. The number of nitrogens with zero attached hydrogens (tertiary/aromatic N) is 1. The van der Waals surface area contributed by atoms with Crippen LogP contribution >= 0.6 is 0 Å². The number of halogens is 1. The topological polar surface area (TPSA) is 143 Å². The van der Waals surface area contributed by atoms with E-state index < -0.39 is 30.0 Å². The molecule has 0 aliphatic heterocycles. The van der Waals surface area contributed by atoms with Gasteiger partial charge in [0.25, 0.3) is 5.91 Å². The molecule has 158 valence electrons. The molecule has 0 fully saturated rings. The Labute approximate surface area is 176 Å². The van der Waals surface area contributed by atoms with Gasteiger partial charge in [-0.3, -0.25) is 14.4 Å². The van der Waals surface area contributed by atoms with Crippen LogP contribution in [0.5, 0.6) is 5.75 Å². The largest absolute Gasteiger partial charge is 0.507 e. The van der Waals surface area contributed by atoms with Crippen LogP contribution in [-0.4, -0.2) is 39.4 Å². The number of carboxylic acid groups (broad SMARTS) is 1. The SMILES string of the molecule is Cc1ccc(C(=O)c2ccc(O)c(-c3ccc(C(=O)NCC(=O)O)c(N)n3)c2)c(F)c1. The zero-order valence-electron chi connectivity index (χ0n) is 16.3. The molecule has 0 bridgehead atoms. The van der Waals surface area contributed by atoms with Gasteiger partial charge in [-0.05, 0) is 55.0 Å². The minimum atomic E-state index is -1.21. The Hall–Kier alpha value is -4.27. The zero-order chi connectivity index (χ0) is 22.7. The number of nitrogens with one attached hydrogen (secondary N) is 1. The predicted octanol–water partition coefficient (Wildman–Crippen LogP) is 2.53. The highest BCUT2D eigenvalue weighted by Crippen LogP contribution is 2.31. The average Bonchev–Trinajstić information content (AvgIpc) is 2.72. The number of carbonyl (C=O) groups is 3. The molecule has 0 radical (unpaired) electrons. The van der Waals surface area contributed by atoms with Gasteiger partial charge in [0, 0.05) is 11.1 Å². The van der Waals surface area contributed by atoms with E-state index in [9.17, 15) is 23.9 Å². The number of aromatic nitrogens is 1. The third-order valence-corrected chi connectivity index (χ3v) is 4.47. The lowest BCUT2D eigenvalue weighted by Crippen LogP contribution is -2.30. The summed E-state index contributed by atoms with van der Waals surface area (Å²) in [7, 11) is 0. The summed E-state index contributed by atoms with van der Waals surface area (Å²) < 4.78 is 14.2. The molecule has 1 amide bonds. The van der Waals surface area contributed by atoms with E-state index in [1.807, 2.05) is 0 Å². The highest BCUT2D eigenvalue weighted by molar-refractivity contribution is 6.10. The predicted molar refractivity (Wildman–Crippen MR) is 110 cm³/mol. The molecule has 0 aliphatic carbocycles. The number of phenols is 1. The maximum atomic E-state index is 14.2. The van der Waals surface area contributed by atoms with E-state index in [0.717, 1.165) is 0 Å². The molecule has 0 saturated carbocycles. The van der Waals surface area contributed by atoms with Crippen LogP contribution in [0.3, 0.4) is 0 Å². The number of hydrogen-bond acceptors (Lipinski definition) is 6. The van der Waals surface area contributed by atoms with Crippen molar-refractivity contribution in [3.05, 3.63) is 76.6 Å². The van der Waals surface area contributed by atoms with Crippen LogP contribution in [0.25, 0.3) is 11.3 Å². The van der Waals surface area contributed by atoms with E-state index in [-0.39, 0.29) is 39.5 Å². The fourth-order valence-corrected chi connectivity index (χ4v) is 2.91. The number of benzene rings is 2. The number of anilines is 1. The molecular weight excluding hydrogens is 405 g/mol. The van der Waals surface area contributed by atoms with Gasteiger partial charge in [-0.15, -0.1) is 0 Å². The Kier molecular flexibility index (Phi) is 5.96. The average molecular weight is 423 g/mol. The first kappa shape index (κ1) is 21.4. The molecule has 1 aromatic heterocycles. The van der Waals surface area contributed by atoms with E-state index in [4.69, 9.17) is 10.8 Å². The van der Waals surface area contributed by atoms with Crippen molar-refractivity contribution < 1.29 is 29.0 Å². The Balaban J connectivity index is 1.95. The number of nitrogens with two attached hydrogens (primary N) is 1. The van der Waals surface area contributed by atoms with Crippen molar-refractivity contribution in [3.63, 3.8) is 0 Å². The van der Waals surface area contributed by atoms with Crippen LogP contribution in [0, 0.1) is 12.7 Å². The number of aryl methyl sites for hydroxylation is 1. The Morgan fingerprint density at radius 2 is 1.77 bits per heavy atom. The summed E-state index contributed by atoms with van der Waals surface area (Å²) in [6.07, 6.45) is 0. The third kappa shape index (κ3) is 4.67. The highest BCUT2D eigenvalue weighted by Gasteiger charge is 2.18. The molecule has 1 heterocycles. The molecule has 9 heteroatoms. The lowest BCUT2D eigenvalue weighted by Gasteiger charge is -2.10. The van der Waals surface area contributed by atoms with Crippen molar-refractivity contribution in [1.82, 2.24) is 10.3 Å². The number of pyridine rings is 1. The van der Waals surface area contributed by atoms with E-state index in [1.165, 1.54) is 42.5 Å². The Morgan fingerprint density at radius 1 is 1.06 bits per heavy atom. The van der Waals surface area contributed by atoms with Crippen LogP contribution in [0.15, 0.2) is 48.5 Å². The number of carbonyl (C=O) groups excluding carboxylic acids is 2. The second-order valence-corrected chi connectivity index (χ2v) is 6.75. The van der Waals surface area contributed by atoms with Gasteiger partial charge in [0.15, 0.2) is 5.78 Å². The fourth-order valence-electron chi connectivity index (χ4n) is 2.91. The summed E-state index contributed by atoms with van der Waals surface area (Å²) in [5.74, 6) is -3.55. The van der Waals surface area contributed by atoms with Crippen LogP contribution in [-0.2, 0) is 4.79 Å². The Morgan fingerprint density at radius 3 is 2.42 bits per heavy atom. The van der Waals surface area contributed by atoms with E-state index in [1.54, 1.807) is 13.0 Å². The molecule has 0 aliphatic rings. The summed E-state index contributed by atoms with van der Waals surface area (Å²) >= 11 is 0. The zero-order valence-corrected chi connectivity index (χ0v) is 16.3. The fraction of sp³-hybridized carbons (Fsp3) is 0.0909. The van der Waals surface area contributed by atoms with Gasteiger partial charge in [-0.2, -0.15) is 0 Å². The minimum Gasteiger partial charge on any atom is -0.507 e. The number of hydrogen-bond donors (Lipinski definition) is 4. The summed E-state index contributed by atoms with van der Waals surface area (Å²) in [5, 5.41) is 21.1. The molecule has 3 aromatic rings. The Bertz CT molecular complexity index is 1210. The van der Waals surface area contributed by atoms with Crippen LogP contribution in [0.2, 0.25) is 0 Å². The van der Waals surface area contributed by atoms with E-state index in [0.29, 0.717) is 5.56 Å². The number of aliphatic carboxylic acids is 1. The minimum absolute atomic E-state index is 0.0431. The van der Waals surface area contributed by atoms with Crippen molar-refractivity contribution in [2.24, 2.45) is 0 Å². The van der Waals surface area contributed by atoms with Crippen molar-refractivity contribution in [2.75, 3.05) is 12.3 Å². The van der Waals surface area contributed by atoms with Gasteiger partial charge in [-0.25, -0.2) is 9.37 Å². The molecule has 0 saturated heterocycles. The van der Waals surface area contributed by atoms with Crippen LogP contribution in [0.1, 0.15) is 31.8 Å². The second-order valence-electron chi connectivity index (χ2n) is 6.75. The number of ketones is 1. The lowest BCUT2D eigenvalue weighted by atomic mass is 9.98. The molecule has 0 spiro atoms. The molecule has 3 rings (SSSR count). The first-order valence-electron chi connectivity index (χ1n) is 9.08. The summed E-state index contributed by atoms with van der Waals surface area (Å²) in [5.41, 5.74) is 6.79. The van der Waals surface area contributed by atoms with Gasteiger partial charge < -0.3 is 21.3 Å². The summed E-state index contributed by atoms with van der Waals surface area (Å²) in [4.78, 5) is 39.4. The smallest absolute Gasteiger partial charge is 0.322 e. The van der Waals surface area contributed by atoms with E-state index >= 15 is 0 Å². The van der Waals surface area contributed by atoms with Gasteiger partial charge in [0.2, 0.25) is 0 Å². The van der Waals surface area contributed by atoms with Gasteiger partial charge >= 0.3 is 5.97 Å². The molecular formula is C22H18FN3O5. The number of carboxylic acids is 1. The number of rotatable bonds is 6. The van der Waals surface area contributed by atoms with Crippen LogP contribution < -0.4 is 11.1 Å². The quantitative estimate of drug-likeness (QED) is 0.446. The lowest BCUT2D eigenvalue weighted by molar-refractivity contribution is -0.135. The number of amides is 1. The highest BCUT2D eigenvalue weighted by atomic mass is 19.1. The maximum Gasteiger partial charge on any atom is 0.322 e. The molecule has 0 atom stereocenters. The van der Waals surface area contributed by atoms with Crippen molar-refractivity contribution >= 4 is 23.5 Å². The van der Waals surface area contributed by atoms with Gasteiger partial charge in [0.05, 0.1) is 16.8 Å². The molecule has 5 N–H and O–H groups in total. The van der Waals surface area contributed by atoms with Crippen LogP contribution in [0.4, 0.5) is 10.2 Å². The molecule has 31 heavy (non-hydrogen) atoms. The number of phenolic OH excluding ortho intramolecular Hbond substituents is 1. The van der Waals surface area contributed by atoms with Crippen molar-refractivity contribution in [1.29, 1.82) is 0 Å². The summed E-state index contributed by atoms with van der Waals surface area (Å²) in [6, 6.07) is 11.0. The standard InChI is InChI=1S/C22H18FN3O5/c1-11-2-4-13(16(23)8-11)20(30)12-3-7-18(27)15(9-12)17-6-5-14(21(24)26-17)22(31)25-10-19(28)29/h2-9,27H,10H2,1H3,(H2,24,26)(H,25,31)(H,28,29). The van der Waals surface area contributed by atoms with Gasteiger partial charge in [-0.1, -0.05) is 6.07 Å². The summed E-state index contributed by atoms with van der Waals surface area (Å²) in [6.45, 7) is 1.12. The second kappa shape index (κ2) is 8.62. The first-order chi connectivity index (χ1) is 14.7. The normalized spacial score (nSPS) is 10.5. The monoisotopic (exact) mass is 423 g/mol. The third-order valence-electron chi connectivity index (χ3n) is 4.47. The number of aromatic hydroxyl groups is 1. The van der Waals surface area contributed by atoms with E-state index in [2.05, 4.69) is 10.3 Å². The van der Waals surface area contributed by atoms with Gasteiger partial charge in [0.1, 0.15) is 23.9 Å². The molecule has 0 unspecified atom stereocenters.